The summed E-state index contributed by atoms with van der Waals surface area (Å²) in [6, 6.07) is 4.12. The Morgan fingerprint density at radius 2 is 2.15 bits per heavy atom. The molecule has 0 aliphatic rings. The Hall–Kier alpha value is -1.49. The Balaban J connectivity index is 2.41. The molecule has 1 aromatic rings. The van der Waals surface area contributed by atoms with Crippen LogP contribution in [0.2, 0.25) is 0 Å². The Morgan fingerprint density at radius 3 is 2.70 bits per heavy atom. The highest BCUT2D eigenvalue weighted by Crippen LogP contribution is 2.17. The molecule has 0 aliphatic heterocycles. The van der Waals surface area contributed by atoms with Gasteiger partial charge in [0.25, 0.3) is 0 Å². The molecule has 1 unspecified atom stereocenters. The lowest BCUT2D eigenvalue weighted by molar-refractivity contribution is 0.258. The van der Waals surface area contributed by atoms with E-state index < -0.39 is 0 Å². The fourth-order valence-corrected chi connectivity index (χ4v) is 2.01. The Morgan fingerprint density at radius 1 is 1.35 bits per heavy atom. The minimum Gasteiger partial charge on any atom is -0.468 e. The van der Waals surface area contributed by atoms with Crippen molar-refractivity contribution in [2.24, 2.45) is 4.99 Å². The van der Waals surface area contributed by atoms with Crippen LogP contribution >= 0.6 is 0 Å². The predicted octanol–water partition coefficient (Wildman–Crippen LogP) is 2.24. The van der Waals surface area contributed by atoms with Gasteiger partial charge in [0.15, 0.2) is 5.96 Å². The van der Waals surface area contributed by atoms with Crippen LogP contribution in [0.3, 0.4) is 0 Å². The van der Waals surface area contributed by atoms with Gasteiger partial charge in [-0.25, -0.2) is 0 Å². The number of rotatable bonds is 8. The third-order valence-electron chi connectivity index (χ3n) is 3.25. The molecule has 0 radical (unpaired) electrons. The third kappa shape index (κ3) is 5.65. The zero-order valence-electron chi connectivity index (χ0n) is 13.1. The molecular weight excluding hydrogens is 252 g/mol. The Kier molecular flexibility index (Phi) is 7.80. The summed E-state index contributed by atoms with van der Waals surface area (Å²) in [5.41, 5.74) is 0. The average Bonchev–Trinajstić information content (AvgIpc) is 2.95. The maximum Gasteiger partial charge on any atom is 0.191 e. The SMILES string of the molecule is CCCCCNC(=NC)NCC(c1ccco1)N(C)C. The van der Waals surface area contributed by atoms with E-state index >= 15 is 0 Å². The fraction of sp³-hybridized carbons (Fsp3) is 0.667. The lowest BCUT2D eigenvalue weighted by atomic mass is 10.2. The highest BCUT2D eigenvalue weighted by atomic mass is 16.3. The molecule has 0 spiro atoms. The largest absolute Gasteiger partial charge is 0.468 e. The molecule has 1 aromatic heterocycles. The molecule has 0 aliphatic carbocycles. The van der Waals surface area contributed by atoms with Gasteiger partial charge in [-0.15, -0.1) is 0 Å². The van der Waals surface area contributed by atoms with Crippen molar-refractivity contribution in [2.45, 2.75) is 32.2 Å². The first kappa shape index (κ1) is 16.6. The first-order valence-electron chi connectivity index (χ1n) is 7.33. The molecule has 0 bridgehead atoms. The summed E-state index contributed by atoms with van der Waals surface area (Å²) in [7, 11) is 5.89. The number of guanidine groups is 1. The zero-order valence-corrected chi connectivity index (χ0v) is 13.1. The molecule has 5 heteroatoms. The van der Waals surface area contributed by atoms with Gasteiger partial charge in [-0.2, -0.15) is 0 Å². The van der Waals surface area contributed by atoms with Crippen molar-refractivity contribution in [3.63, 3.8) is 0 Å². The minimum absolute atomic E-state index is 0.194. The van der Waals surface area contributed by atoms with Gasteiger partial charge in [0.05, 0.1) is 12.3 Å². The van der Waals surface area contributed by atoms with E-state index in [1.165, 1.54) is 19.3 Å². The number of unbranched alkanes of at least 4 members (excludes halogenated alkanes) is 2. The molecular formula is C15H28N4O. The molecule has 0 saturated carbocycles. The maximum absolute atomic E-state index is 5.49. The molecule has 1 rings (SSSR count). The molecule has 2 N–H and O–H groups in total. The molecule has 0 fully saturated rings. The molecule has 5 nitrogen and oxygen atoms in total. The molecule has 1 atom stereocenters. The van der Waals surface area contributed by atoms with E-state index in [4.69, 9.17) is 4.42 Å². The van der Waals surface area contributed by atoms with Gasteiger partial charge in [0, 0.05) is 20.1 Å². The van der Waals surface area contributed by atoms with Gasteiger partial charge in [-0.1, -0.05) is 19.8 Å². The molecule has 20 heavy (non-hydrogen) atoms. The zero-order chi connectivity index (χ0) is 14.8. The summed E-state index contributed by atoms with van der Waals surface area (Å²) in [5, 5.41) is 6.69. The van der Waals surface area contributed by atoms with Crippen LogP contribution in [0.1, 0.15) is 38.0 Å². The van der Waals surface area contributed by atoms with Gasteiger partial charge in [0.1, 0.15) is 5.76 Å². The summed E-state index contributed by atoms with van der Waals surface area (Å²) in [6.45, 7) is 3.92. The number of nitrogens with zero attached hydrogens (tertiary/aromatic N) is 2. The van der Waals surface area contributed by atoms with Crippen molar-refractivity contribution in [1.29, 1.82) is 0 Å². The fourth-order valence-electron chi connectivity index (χ4n) is 2.01. The monoisotopic (exact) mass is 280 g/mol. The second kappa shape index (κ2) is 9.42. The average molecular weight is 280 g/mol. The van der Waals surface area contributed by atoms with Crippen LogP contribution in [-0.4, -0.2) is 45.1 Å². The van der Waals surface area contributed by atoms with E-state index in [2.05, 4.69) is 27.4 Å². The van der Waals surface area contributed by atoms with Crippen molar-refractivity contribution in [2.75, 3.05) is 34.2 Å². The van der Waals surface area contributed by atoms with Gasteiger partial charge in [-0.05, 0) is 32.6 Å². The van der Waals surface area contributed by atoms with E-state index in [1.807, 2.05) is 26.2 Å². The van der Waals surface area contributed by atoms with Gasteiger partial charge >= 0.3 is 0 Å². The first-order chi connectivity index (χ1) is 9.69. The maximum atomic E-state index is 5.49. The number of aliphatic imine (C=N–C) groups is 1. The van der Waals surface area contributed by atoms with E-state index in [0.29, 0.717) is 0 Å². The Labute approximate surface area is 122 Å². The summed E-state index contributed by atoms with van der Waals surface area (Å²) in [6.07, 6.45) is 5.36. The van der Waals surface area contributed by atoms with Gasteiger partial charge in [-0.3, -0.25) is 9.89 Å². The summed E-state index contributed by atoms with van der Waals surface area (Å²) in [4.78, 5) is 6.38. The standard InChI is InChI=1S/C15H28N4O/c1-5-6-7-10-17-15(16-2)18-12-13(19(3)4)14-9-8-11-20-14/h8-9,11,13H,5-7,10,12H2,1-4H3,(H2,16,17,18). The van der Waals surface area contributed by atoms with Crippen LogP contribution in [0.4, 0.5) is 0 Å². The second-order valence-electron chi connectivity index (χ2n) is 5.08. The smallest absolute Gasteiger partial charge is 0.191 e. The number of furan rings is 1. The van der Waals surface area contributed by atoms with Crippen molar-refractivity contribution in [3.8, 4) is 0 Å². The predicted molar refractivity (Wildman–Crippen MR) is 84.0 cm³/mol. The van der Waals surface area contributed by atoms with Crippen molar-refractivity contribution < 1.29 is 4.42 Å². The topological polar surface area (TPSA) is 52.8 Å². The summed E-state index contributed by atoms with van der Waals surface area (Å²) in [5.74, 6) is 1.81. The Bertz CT molecular complexity index is 373. The number of nitrogens with one attached hydrogen (secondary N) is 2. The first-order valence-corrected chi connectivity index (χ1v) is 7.33. The highest BCUT2D eigenvalue weighted by molar-refractivity contribution is 5.79. The van der Waals surface area contributed by atoms with Crippen molar-refractivity contribution in [1.82, 2.24) is 15.5 Å². The number of hydrogen-bond donors (Lipinski definition) is 2. The van der Waals surface area contributed by atoms with Gasteiger partial charge < -0.3 is 15.1 Å². The number of hydrogen-bond acceptors (Lipinski definition) is 3. The van der Waals surface area contributed by atoms with E-state index in [0.717, 1.165) is 24.8 Å². The van der Waals surface area contributed by atoms with Crippen molar-refractivity contribution >= 4 is 5.96 Å². The van der Waals surface area contributed by atoms with E-state index in [1.54, 1.807) is 13.3 Å². The highest BCUT2D eigenvalue weighted by Gasteiger charge is 2.16. The van der Waals surface area contributed by atoms with Crippen LogP contribution in [0.15, 0.2) is 27.8 Å². The molecule has 114 valence electrons. The van der Waals surface area contributed by atoms with Crippen LogP contribution in [0, 0.1) is 0 Å². The number of likely N-dealkylation sites (N-methyl/N-ethyl adjacent to an activating group) is 1. The lowest BCUT2D eigenvalue weighted by Gasteiger charge is -2.23. The van der Waals surface area contributed by atoms with Crippen LogP contribution in [-0.2, 0) is 0 Å². The van der Waals surface area contributed by atoms with E-state index in [9.17, 15) is 0 Å². The normalized spacial score (nSPS) is 13.6. The van der Waals surface area contributed by atoms with Crippen LogP contribution in [0.25, 0.3) is 0 Å². The molecule has 0 amide bonds. The van der Waals surface area contributed by atoms with Gasteiger partial charge in [0.2, 0.25) is 0 Å². The lowest BCUT2D eigenvalue weighted by Crippen LogP contribution is -2.42. The van der Waals surface area contributed by atoms with Crippen LogP contribution in [0.5, 0.6) is 0 Å². The second-order valence-corrected chi connectivity index (χ2v) is 5.08. The minimum atomic E-state index is 0.194. The summed E-state index contributed by atoms with van der Waals surface area (Å²) >= 11 is 0. The molecule has 0 aromatic carbocycles. The molecule has 1 heterocycles. The molecule has 0 saturated heterocycles. The quantitative estimate of drug-likeness (QED) is 0.435. The van der Waals surface area contributed by atoms with Crippen LogP contribution < -0.4 is 10.6 Å². The van der Waals surface area contributed by atoms with Crippen molar-refractivity contribution in [3.05, 3.63) is 24.2 Å². The summed E-state index contributed by atoms with van der Waals surface area (Å²) < 4.78 is 5.49. The third-order valence-corrected chi connectivity index (χ3v) is 3.25. The van der Waals surface area contributed by atoms with E-state index in [-0.39, 0.29) is 6.04 Å².